The molecule has 0 heterocycles. The lowest BCUT2D eigenvalue weighted by molar-refractivity contribution is -0.141. The standard InChI is InChI=1S/C24H30N2O6/c1-24(2,3)32-23(29)26-20(22(28)25-15-21(27)30-4)14-17-10-12-19(13-11-17)31-16-18-8-6-5-7-9-18/h5-13,20H,14-16H2,1-4H3,(H,25,28)(H,26,29)/t20-/m1/s1. The van der Waals surface area contributed by atoms with Crippen LogP contribution in [-0.2, 0) is 32.1 Å². The van der Waals surface area contributed by atoms with E-state index in [9.17, 15) is 14.4 Å². The molecular weight excluding hydrogens is 412 g/mol. The highest BCUT2D eigenvalue weighted by Crippen LogP contribution is 2.16. The molecule has 0 unspecified atom stereocenters. The molecule has 0 saturated heterocycles. The molecule has 0 aliphatic rings. The molecule has 1 atom stereocenters. The average Bonchev–Trinajstić information content (AvgIpc) is 2.75. The Bertz CT molecular complexity index is 891. The van der Waals surface area contributed by atoms with Crippen LogP contribution in [0.5, 0.6) is 5.75 Å². The fourth-order valence-electron chi connectivity index (χ4n) is 2.71. The molecule has 2 amide bonds. The van der Waals surface area contributed by atoms with E-state index in [4.69, 9.17) is 9.47 Å². The van der Waals surface area contributed by atoms with Crippen LogP contribution in [0, 0.1) is 0 Å². The van der Waals surface area contributed by atoms with Gasteiger partial charge in [-0.15, -0.1) is 0 Å². The average molecular weight is 443 g/mol. The van der Waals surface area contributed by atoms with E-state index < -0.39 is 29.6 Å². The number of carbonyl (C=O) groups excluding carboxylic acids is 3. The van der Waals surface area contributed by atoms with Gasteiger partial charge in [-0.3, -0.25) is 9.59 Å². The molecule has 0 saturated carbocycles. The van der Waals surface area contributed by atoms with Crippen molar-refractivity contribution < 1.29 is 28.6 Å². The van der Waals surface area contributed by atoms with E-state index in [0.29, 0.717) is 12.4 Å². The van der Waals surface area contributed by atoms with Gasteiger partial charge in [0.1, 0.15) is 30.5 Å². The molecule has 8 heteroatoms. The first-order valence-corrected chi connectivity index (χ1v) is 10.3. The molecule has 172 valence electrons. The van der Waals surface area contributed by atoms with Gasteiger partial charge in [-0.2, -0.15) is 0 Å². The van der Waals surface area contributed by atoms with Crippen LogP contribution in [0.15, 0.2) is 54.6 Å². The number of hydrogen-bond donors (Lipinski definition) is 2. The predicted molar refractivity (Wildman–Crippen MR) is 119 cm³/mol. The second kappa shape index (κ2) is 11.7. The van der Waals surface area contributed by atoms with Crippen LogP contribution in [0.25, 0.3) is 0 Å². The van der Waals surface area contributed by atoms with Crippen LogP contribution in [0.3, 0.4) is 0 Å². The fraction of sp³-hybridized carbons (Fsp3) is 0.375. The SMILES string of the molecule is COC(=O)CNC(=O)[C@@H](Cc1ccc(OCc2ccccc2)cc1)NC(=O)OC(C)(C)C. The number of alkyl carbamates (subject to hydrolysis) is 1. The van der Waals surface area contributed by atoms with Crippen molar-refractivity contribution in [2.75, 3.05) is 13.7 Å². The summed E-state index contributed by atoms with van der Waals surface area (Å²) in [6.07, 6.45) is -0.524. The highest BCUT2D eigenvalue weighted by molar-refractivity contribution is 5.88. The van der Waals surface area contributed by atoms with Gasteiger partial charge >= 0.3 is 12.1 Å². The second-order valence-corrected chi connectivity index (χ2v) is 8.12. The van der Waals surface area contributed by atoms with Crippen LogP contribution >= 0.6 is 0 Å². The first kappa shape index (κ1) is 24.7. The molecule has 2 N–H and O–H groups in total. The van der Waals surface area contributed by atoms with Crippen molar-refractivity contribution in [3.63, 3.8) is 0 Å². The molecule has 0 aromatic heterocycles. The van der Waals surface area contributed by atoms with E-state index >= 15 is 0 Å². The lowest BCUT2D eigenvalue weighted by Gasteiger charge is -2.23. The first-order valence-electron chi connectivity index (χ1n) is 10.3. The van der Waals surface area contributed by atoms with Gasteiger partial charge < -0.3 is 24.8 Å². The Morgan fingerprint density at radius 1 is 0.938 bits per heavy atom. The number of amides is 2. The number of ether oxygens (including phenoxy) is 3. The van der Waals surface area contributed by atoms with E-state index in [1.807, 2.05) is 42.5 Å². The highest BCUT2D eigenvalue weighted by Gasteiger charge is 2.25. The summed E-state index contributed by atoms with van der Waals surface area (Å²) in [6, 6.07) is 16.1. The Balaban J connectivity index is 2.02. The third-order valence-electron chi connectivity index (χ3n) is 4.25. The van der Waals surface area contributed by atoms with E-state index in [2.05, 4.69) is 15.4 Å². The lowest BCUT2D eigenvalue weighted by Crippen LogP contribution is -2.50. The molecule has 2 aromatic rings. The van der Waals surface area contributed by atoms with Gasteiger partial charge in [0.15, 0.2) is 0 Å². The minimum absolute atomic E-state index is 0.200. The van der Waals surface area contributed by atoms with Crippen molar-refractivity contribution >= 4 is 18.0 Å². The van der Waals surface area contributed by atoms with Gasteiger partial charge in [-0.25, -0.2) is 4.79 Å². The number of hydrogen-bond acceptors (Lipinski definition) is 6. The normalized spacial score (nSPS) is 11.8. The summed E-state index contributed by atoms with van der Waals surface area (Å²) in [4.78, 5) is 36.1. The minimum Gasteiger partial charge on any atom is -0.489 e. The first-order chi connectivity index (χ1) is 15.2. The topological polar surface area (TPSA) is 103 Å². The molecule has 32 heavy (non-hydrogen) atoms. The molecule has 0 aliphatic carbocycles. The highest BCUT2D eigenvalue weighted by atomic mass is 16.6. The minimum atomic E-state index is -0.939. The lowest BCUT2D eigenvalue weighted by atomic mass is 10.1. The van der Waals surface area contributed by atoms with Crippen molar-refractivity contribution in [1.29, 1.82) is 0 Å². The quantitative estimate of drug-likeness (QED) is 0.579. The summed E-state index contributed by atoms with van der Waals surface area (Å²) in [7, 11) is 1.23. The van der Waals surface area contributed by atoms with Gasteiger partial charge in [0.25, 0.3) is 0 Å². The monoisotopic (exact) mass is 442 g/mol. The largest absolute Gasteiger partial charge is 0.489 e. The number of nitrogens with one attached hydrogen (secondary N) is 2. The fourth-order valence-corrected chi connectivity index (χ4v) is 2.71. The maximum atomic E-state index is 12.6. The summed E-state index contributed by atoms with van der Waals surface area (Å²) >= 11 is 0. The van der Waals surface area contributed by atoms with Crippen LogP contribution in [-0.4, -0.2) is 43.3 Å². The van der Waals surface area contributed by atoms with Crippen LogP contribution < -0.4 is 15.4 Å². The van der Waals surface area contributed by atoms with Gasteiger partial charge in [0, 0.05) is 6.42 Å². The Kier molecular flexibility index (Phi) is 9.07. The molecule has 0 aliphatic heterocycles. The van der Waals surface area contributed by atoms with Crippen molar-refractivity contribution in [3.8, 4) is 5.75 Å². The molecule has 0 radical (unpaired) electrons. The molecule has 8 nitrogen and oxygen atoms in total. The molecule has 2 rings (SSSR count). The van der Waals surface area contributed by atoms with Gasteiger partial charge in [0.2, 0.25) is 5.91 Å². The second-order valence-electron chi connectivity index (χ2n) is 8.12. The summed E-state index contributed by atoms with van der Waals surface area (Å²) in [5, 5.41) is 5.03. The van der Waals surface area contributed by atoms with Crippen LogP contribution in [0.4, 0.5) is 4.79 Å². The predicted octanol–water partition coefficient (Wildman–Crippen LogP) is 2.99. The van der Waals surface area contributed by atoms with Crippen molar-refractivity contribution in [2.24, 2.45) is 0 Å². The summed E-state index contributed by atoms with van der Waals surface area (Å²) in [5.74, 6) is -0.427. The van der Waals surface area contributed by atoms with Crippen LogP contribution in [0.2, 0.25) is 0 Å². The zero-order valence-corrected chi connectivity index (χ0v) is 18.8. The zero-order chi connectivity index (χ0) is 23.6. The number of carbonyl (C=O) groups is 3. The van der Waals surface area contributed by atoms with Gasteiger partial charge in [0.05, 0.1) is 7.11 Å². The Morgan fingerprint density at radius 2 is 1.59 bits per heavy atom. The number of esters is 1. The number of methoxy groups -OCH3 is 1. The Hall–Kier alpha value is -3.55. The van der Waals surface area contributed by atoms with Crippen molar-refractivity contribution in [1.82, 2.24) is 10.6 Å². The van der Waals surface area contributed by atoms with E-state index in [1.54, 1.807) is 32.9 Å². The van der Waals surface area contributed by atoms with Gasteiger partial charge in [-0.1, -0.05) is 42.5 Å². The maximum Gasteiger partial charge on any atom is 0.408 e. The van der Waals surface area contributed by atoms with E-state index in [-0.39, 0.29) is 13.0 Å². The third-order valence-corrected chi connectivity index (χ3v) is 4.25. The molecule has 0 bridgehead atoms. The molecule has 0 spiro atoms. The maximum absolute atomic E-state index is 12.6. The smallest absolute Gasteiger partial charge is 0.408 e. The van der Waals surface area contributed by atoms with Gasteiger partial charge in [-0.05, 0) is 44.0 Å². The Labute approximate surface area is 188 Å². The molecule has 2 aromatic carbocycles. The van der Waals surface area contributed by atoms with E-state index in [0.717, 1.165) is 11.1 Å². The number of benzene rings is 2. The molecular formula is C24H30N2O6. The van der Waals surface area contributed by atoms with Crippen molar-refractivity contribution in [3.05, 3.63) is 65.7 Å². The van der Waals surface area contributed by atoms with Crippen molar-refractivity contribution in [2.45, 2.75) is 45.4 Å². The third kappa shape index (κ3) is 9.07. The Morgan fingerprint density at radius 3 is 2.19 bits per heavy atom. The number of rotatable bonds is 9. The van der Waals surface area contributed by atoms with E-state index in [1.165, 1.54) is 7.11 Å². The summed E-state index contributed by atoms with van der Waals surface area (Å²) in [5.41, 5.74) is 1.14. The summed E-state index contributed by atoms with van der Waals surface area (Å²) < 4.78 is 15.6. The summed E-state index contributed by atoms with van der Waals surface area (Å²) in [6.45, 7) is 5.33. The zero-order valence-electron chi connectivity index (χ0n) is 18.8. The van der Waals surface area contributed by atoms with Crippen LogP contribution in [0.1, 0.15) is 31.9 Å². The molecule has 0 fully saturated rings.